The zero-order chi connectivity index (χ0) is 44.7. The van der Waals surface area contributed by atoms with Gasteiger partial charge in [-0.2, -0.15) is 5.10 Å². The molecule has 22 nitrogen and oxygen atoms in total. The first kappa shape index (κ1) is 46.0. The summed E-state index contributed by atoms with van der Waals surface area (Å²) in [6.07, 6.45) is -13.5. The van der Waals surface area contributed by atoms with Gasteiger partial charge in [0.25, 0.3) is 12.1 Å². The predicted molar refractivity (Wildman–Crippen MR) is 201 cm³/mol. The van der Waals surface area contributed by atoms with Crippen LogP contribution in [0.2, 0.25) is 0 Å². The number of fused-ring (bicyclic) bond motifs is 1. The van der Waals surface area contributed by atoms with E-state index >= 15 is 0 Å². The molecule has 5 rings (SSSR count). The van der Waals surface area contributed by atoms with Crippen LogP contribution in [0.25, 0.3) is 22.4 Å². The zero-order valence-corrected chi connectivity index (χ0v) is 35.0. The molecule has 10 atom stereocenters. The van der Waals surface area contributed by atoms with Crippen LogP contribution in [-0.4, -0.2) is 130 Å². The van der Waals surface area contributed by atoms with Crippen molar-refractivity contribution in [2.75, 3.05) is 13.2 Å². The van der Waals surface area contributed by atoms with Crippen LogP contribution in [0, 0.1) is 0 Å². The summed E-state index contributed by atoms with van der Waals surface area (Å²) in [6.45, 7) is 7.68. The summed E-state index contributed by atoms with van der Waals surface area (Å²) in [5, 5.41) is 3.83. The van der Waals surface area contributed by atoms with Crippen LogP contribution in [-0.2, 0) is 85.7 Å². The van der Waals surface area contributed by atoms with Crippen molar-refractivity contribution in [1.29, 1.82) is 0 Å². The standard InChI is InChI=1S/C38H44N4O18S/c1-16(43)51-14-27-29(53-18(3)45)31(55-20(5)47)33(57-22(7)49)36(59-27)42-38(40-35(41-42)26-13-24-11-9-10-12-25(24)39-26)61-37-34(58-23(8)50)32(56-21(6)48)30(54-19(4)46)28(60-37)15-52-17(2)44/h9-13,27-34,36-37H,14-15H2,1-8H3,(H,39,41)/p+1/t27-,28-,29-,30-,31+,32+,33-,34-,36-,37+/m1/s1. The first-order valence-corrected chi connectivity index (χ1v) is 19.6. The first-order valence-electron chi connectivity index (χ1n) is 18.7. The number of aromatic nitrogens is 4. The van der Waals surface area contributed by atoms with Crippen molar-refractivity contribution in [3.8, 4) is 11.5 Å². The normalized spacial score (nSPS) is 26.0. The number of esters is 8. The molecule has 1 aromatic carbocycles. The molecular weight excluding hydrogens is 832 g/mol. The van der Waals surface area contributed by atoms with Crippen LogP contribution < -0.4 is 4.68 Å². The predicted octanol–water partition coefficient (Wildman–Crippen LogP) is 1.28. The summed E-state index contributed by atoms with van der Waals surface area (Å²) in [5.74, 6) is -6.45. The van der Waals surface area contributed by atoms with Gasteiger partial charge in [-0.25, -0.2) is 0 Å². The molecule has 330 valence electrons. The fourth-order valence-corrected chi connectivity index (χ4v) is 7.87. The van der Waals surface area contributed by atoms with Gasteiger partial charge in [0, 0.05) is 78.1 Å². The van der Waals surface area contributed by atoms with Crippen LogP contribution in [0.5, 0.6) is 0 Å². The summed E-state index contributed by atoms with van der Waals surface area (Å²) in [7, 11) is 0. The number of H-pyrrole nitrogens is 2. The monoisotopic (exact) mass is 877 g/mol. The fraction of sp³-hybridized carbons (Fsp3) is 0.526. The molecule has 0 aliphatic carbocycles. The third-order valence-corrected chi connectivity index (χ3v) is 9.93. The zero-order valence-electron chi connectivity index (χ0n) is 34.2. The highest BCUT2D eigenvalue weighted by atomic mass is 32.2. The second-order valence-electron chi connectivity index (χ2n) is 13.8. The average molecular weight is 878 g/mol. The molecule has 0 bridgehead atoms. The summed E-state index contributed by atoms with van der Waals surface area (Å²) in [5.41, 5.74) is -0.271. The summed E-state index contributed by atoms with van der Waals surface area (Å²) in [6, 6.07) is 9.08. The number of hydrogen-bond acceptors (Lipinski definition) is 20. The number of ether oxygens (including phenoxy) is 10. The van der Waals surface area contributed by atoms with E-state index < -0.39 is 121 Å². The average Bonchev–Trinajstić information content (AvgIpc) is 3.77. The molecule has 2 aliphatic rings. The molecule has 0 unspecified atom stereocenters. The molecule has 0 radical (unpaired) electrons. The number of aromatic amines is 2. The maximum atomic E-state index is 12.8. The highest BCUT2D eigenvalue weighted by Crippen LogP contribution is 2.39. The number of benzene rings is 1. The Morgan fingerprint density at radius 2 is 1.07 bits per heavy atom. The summed E-state index contributed by atoms with van der Waals surface area (Å²) < 4.78 is 58.3. The first-order chi connectivity index (χ1) is 28.8. The lowest BCUT2D eigenvalue weighted by Gasteiger charge is -2.44. The van der Waals surface area contributed by atoms with Gasteiger partial charge < -0.3 is 52.4 Å². The van der Waals surface area contributed by atoms with Gasteiger partial charge in [-0.1, -0.05) is 18.2 Å². The van der Waals surface area contributed by atoms with Gasteiger partial charge in [0.1, 0.15) is 31.1 Å². The highest BCUT2D eigenvalue weighted by Gasteiger charge is 2.58. The Bertz CT molecular complexity index is 2120. The van der Waals surface area contributed by atoms with Crippen LogP contribution in [0.3, 0.4) is 0 Å². The second kappa shape index (κ2) is 20.0. The lowest BCUT2D eigenvalue weighted by atomic mass is 9.97. The molecule has 23 heteroatoms. The minimum atomic E-state index is -1.62. The summed E-state index contributed by atoms with van der Waals surface area (Å²) >= 11 is 0.750. The van der Waals surface area contributed by atoms with Crippen LogP contribution in [0.15, 0.2) is 35.5 Å². The van der Waals surface area contributed by atoms with E-state index in [9.17, 15) is 38.4 Å². The van der Waals surface area contributed by atoms with Gasteiger partial charge in [0.15, 0.2) is 36.0 Å². The summed E-state index contributed by atoms with van der Waals surface area (Å²) in [4.78, 5) is 107. The Morgan fingerprint density at radius 3 is 1.57 bits per heavy atom. The van der Waals surface area contributed by atoms with E-state index in [4.69, 9.17) is 52.4 Å². The minimum Gasteiger partial charge on any atom is -0.463 e. The van der Waals surface area contributed by atoms with Crippen molar-refractivity contribution in [2.24, 2.45) is 0 Å². The number of para-hydroxylation sites is 1. The SMILES string of the molecule is CC(=O)OC[C@H]1O[C@@H]([n+]2[nH]c(-c3cc4ccccc4[nH]3)nc2S[C@@H]2O[C@H](COC(C)=O)[C@@H](OC(C)=O)[C@H](OC(C)=O)[C@H]2OC(C)=O)[C@H](OC(C)=O)[C@@H](OC(C)=O)[C@@H]1OC(C)=O. The number of hydrogen-bond donors (Lipinski definition) is 2. The Balaban J connectivity index is 1.72. The topological polar surface area (TPSA) is 277 Å². The molecule has 0 amide bonds. The molecule has 2 saturated heterocycles. The van der Waals surface area contributed by atoms with Crippen molar-refractivity contribution in [1.82, 2.24) is 15.1 Å². The smallest absolute Gasteiger partial charge is 0.385 e. The molecule has 3 aromatic rings. The Labute approximate surface area is 351 Å². The van der Waals surface area contributed by atoms with Crippen molar-refractivity contribution in [3.05, 3.63) is 30.3 Å². The van der Waals surface area contributed by atoms with E-state index in [2.05, 4.69) is 10.1 Å². The maximum absolute atomic E-state index is 12.8. The molecule has 61 heavy (non-hydrogen) atoms. The lowest BCUT2D eigenvalue weighted by molar-refractivity contribution is -0.850. The fourth-order valence-electron chi connectivity index (χ4n) is 6.71. The van der Waals surface area contributed by atoms with Crippen molar-refractivity contribution in [2.45, 2.75) is 121 Å². The molecule has 4 heterocycles. The molecule has 0 saturated carbocycles. The minimum absolute atomic E-state index is 0.0737. The van der Waals surface area contributed by atoms with Gasteiger partial charge in [-0.15, -0.1) is 4.68 Å². The van der Waals surface area contributed by atoms with E-state index in [-0.39, 0.29) is 11.0 Å². The van der Waals surface area contributed by atoms with Gasteiger partial charge in [0.05, 0.1) is 0 Å². The van der Waals surface area contributed by atoms with E-state index in [0.29, 0.717) is 5.69 Å². The molecule has 2 aromatic heterocycles. The lowest BCUT2D eigenvalue weighted by Crippen LogP contribution is -2.66. The molecule has 2 N–H and O–H groups in total. The number of carbonyl (C=O) groups is 8. The van der Waals surface area contributed by atoms with Crippen LogP contribution >= 0.6 is 11.8 Å². The Hall–Kier alpha value is -6.07. The van der Waals surface area contributed by atoms with Crippen LogP contribution in [0.1, 0.15) is 61.6 Å². The number of rotatable bonds is 14. The Morgan fingerprint density at radius 1 is 0.607 bits per heavy atom. The molecule has 2 fully saturated rings. The number of nitrogens with one attached hydrogen (secondary N) is 2. The number of thioether (sulfide) groups is 1. The largest absolute Gasteiger partial charge is 0.463 e. The van der Waals surface area contributed by atoms with Crippen LogP contribution in [0.4, 0.5) is 0 Å². The highest BCUT2D eigenvalue weighted by molar-refractivity contribution is 7.99. The van der Waals surface area contributed by atoms with E-state index in [1.165, 1.54) is 4.68 Å². The Kier molecular flexibility index (Phi) is 15.1. The molecular formula is C38H45N4O18S+. The van der Waals surface area contributed by atoms with Crippen molar-refractivity contribution in [3.63, 3.8) is 0 Å². The van der Waals surface area contributed by atoms with Gasteiger partial charge in [-0.05, 0) is 17.1 Å². The van der Waals surface area contributed by atoms with E-state index in [0.717, 1.165) is 78.1 Å². The van der Waals surface area contributed by atoms with E-state index in [1.807, 2.05) is 24.3 Å². The second-order valence-corrected chi connectivity index (χ2v) is 14.8. The van der Waals surface area contributed by atoms with Crippen molar-refractivity contribution < 1.29 is 90.4 Å². The third kappa shape index (κ3) is 11.8. The van der Waals surface area contributed by atoms with Gasteiger partial charge in [0.2, 0.25) is 6.10 Å². The number of carbonyl (C=O) groups excluding carboxylic acids is 8. The molecule has 2 aliphatic heterocycles. The van der Waals surface area contributed by atoms with Gasteiger partial charge >= 0.3 is 52.9 Å². The third-order valence-electron chi connectivity index (χ3n) is 8.82. The van der Waals surface area contributed by atoms with E-state index in [1.54, 1.807) is 6.07 Å². The molecule has 0 spiro atoms. The number of nitrogens with zero attached hydrogens (tertiary/aromatic N) is 2. The van der Waals surface area contributed by atoms with Gasteiger partial charge in [-0.3, -0.25) is 38.4 Å². The van der Waals surface area contributed by atoms with Crippen molar-refractivity contribution >= 4 is 70.4 Å². The maximum Gasteiger partial charge on any atom is 0.385 e. The quantitative estimate of drug-likeness (QED) is 0.131.